The predicted molar refractivity (Wildman–Crippen MR) is 63.6 cm³/mol. The molecule has 0 aromatic rings. The van der Waals surface area contributed by atoms with Gasteiger partial charge < -0.3 is 15.1 Å². The van der Waals surface area contributed by atoms with E-state index in [0.717, 1.165) is 26.2 Å². The number of rotatable bonds is 10. The minimum absolute atomic E-state index is 0.0812. The summed E-state index contributed by atoms with van der Waals surface area (Å²) in [5, 5.41) is 17.5. The molecule has 0 heterocycles. The van der Waals surface area contributed by atoms with Gasteiger partial charge in [0.25, 0.3) is 0 Å². The molecule has 96 valence electrons. The molecule has 5 heteroatoms. The van der Waals surface area contributed by atoms with Crippen LogP contribution in [-0.2, 0) is 4.79 Å². The van der Waals surface area contributed by atoms with E-state index in [0.29, 0.717) is 13.1 Å². The summed E-state index contributed by atoms with van der Waals surface area (Å²) < 4.78 is 0. The van der Waals surface area contributed by atoms with E-state index >= 15 is 0 Å². The van der Waals surface area contributed by atoms with Gasteiger partial charge in [0.2, 0.25) is 0 Å². The Kier molecular flexibility index (Phi) is 9.18. The molecule has 2 N–H and O–H groups in total. The molecular weight excluding hydrogens is 208 g/mol. The van der Waals surface area contributed by atoms with Crippen molar-refractivity contribution in [3.63, 3.8) is 0 Å². The Balaban J connectivity index is 3.87. The Morgan fingerprint density at radius 3 is 2.00 bits per heavy atom. The molecule has 0 aliphatic heterocycles. The van der Waals surface area contributed by atoms with E-state index < -0.39 is 5.97 Å². The molecular formula is C11H24N2O3. The Labute approximate surface area is 97.7 Å². The summed E-state index contributed by atoms with van der Waals surface area (Å²) in [6, 6.07) is 0. The first-order valence-corrected chi connectivity index (χ1v) is 5.91. The van der Waals surface area contributed by atoms with Gasteiger partial charge in [-0.05, 0) is 13.1 Å². The van der Waals surface area contributed by atoms with E-state index in [1.165, 1.54) is 0 Å². The smallest absolute Gasteiger partial charge is 0.304 e. The maximum atomic E-state index is 10.5. The van der Waals surface area contributed by atoms with Gasteiger partial charge in [-0.3, -0.25) is 9.69 Å². The van der Waals surface area contributed by atoms with Crippen LogP contribution in [0.1, 0.15) is 20.3 Å². The summed E-state index contributed by atoms with van der Waals surface area (Å²) >= 11 is 0. The van der Waals surface area contributed by atoms with Crippen molar-refractivity contribution >= 4 is 5.97 Å². The molecule has 0 amide bonds. The maximum absolute atomic E-state index is 10.5. The lowest BCUT2D eigenvalue weighted by molar-refractivity contribution is -0.137. The molecule has 0 aromatic carbocycles. The predicted octanol–water partition coefficient (Wildman–Crippen LogP) is 0.0972. The number of hydrogen-bond donors (Lipinski definition) is 2. The van der Waals surface area contributed by atoms with Crippen LogP contribution in [0.4, 0.5) is 0 Å². The van der Waals surface area contributed by atoms with Gasteiger partial charge in [-0.1, -0.05) is 13.8 Å². The average molecular weight is 232 g/mol. The zero-order chi connectivity index (χ0) is 12.4. The molecule has 0 unspecified atom stereocenters. The summed E-state index contributed by atoms with van der Waals surface area (Å²) in [6.45, 7) is 9.10. The molecule has 0 radical (unpaired) electrons. The standard InChI is InChI=1S/C11H24N2O3/c1-3-12(4-2)7-8-13(9-10-14)6-5-11(15)16/h14H,3-10H2,1-2H3,(H,15,16). The van der Waals surface area contributed by atoms with Crippen LogP contribution in [0, 0.1) is 0 Å². The molecule has 0 fully saturated rings. The van der Waals surface area contributed by atoms with Crippen LogP contribution < -0.4 is 0 Å². The van der Waals surface area contributed by atoms with Gasteiger partial charge in [0.15, 0.2) is 0 Å². The molecule has 0 aliphatic carbocycles. The zero-order valence-corrected chi connectivity index (χ0v) is 10.4. The van der Waals surface area contributed by atoms with Crippen molar-refractivity contribution in [1.82, 2.24) is 9.80 Å². The molecule has 0 spiro atoms. The molecule has 0 atom stereocenters. The Morgan fingerprint density at radius 2 is 1.56 bits per heavy atom. The van der Waals surface area contributed by atoms with Gasteiger partial charge in [0, 0.05) is 26.2 Å². The number of aliphatic hydroxyl groups excluding tert-OH is 1. The number of carboxylic acid groups (broad SMARTS) is 1. The number of aliphatic hydroxyl groups is 1. The minimum atomic E-state index is -0.786. The lowest BCUT2D eigenvalue weighted by Gasteiger charge is -2.25. The van der Waals surface area contributed by atoms with Crippen molar-refractivity contribution in [2.24, 2.45) is 0 Å². The van der Waals surface area contributed by atoms with Crippen molar-refractivity contribution in [2.75, 3.05) is 45.9 Å². The molecule has 0 bridgehead atoms. The van der Waals surface area contributed by atoms with Crippen molar-refractivity contribution in [3.8, 4) is 0 Å². The van der Waals surface area contributed by atoms with Crippen molar-refractivity contribution < 1.29 is 15.0 Å². The summed E-state index contributed by atoms with van der Waals surface area (Å²) in [5.74, 6) is -0.786. The number of carbonyl (C=O) groups is 1. The van der Waals surface area contributed by atoms with Crippen molar-refractivity contribution in [3.05, 3.63) is 0 Å². The van der Waals surface area contributed by atoms with Gasteiger partial charge in [-0.15, -0.1) is 0 Å². The highest BCUT2D eigenvalue weighted by molar-refractivity contribution is 5.66. The fraction of sp³-hybridized carbons (Fsp3) is 0.909. The third-order valence-electron chi connectivity index (χ3n) is 2.69. The second-order valence-corrected chi connectivity index (χ2v) is 3.74. The Bertz CT molecular complexity index is 184. The van der Waals surface area contributed by atoms with Gasteiger partial charge in [-0.2, -0.15) is 0 Å². The first-order valence-electron chi connectivity index (χ1n) is 5.91. The van der Waals surface area contributed by atoms with Crippen LogP contribution in [0.25, 0.3) is 0 Å². The van der Waals surface area contributed by atoms with E-state index in [-0.39, 0.29) is 13.0 Å². The van der Waals surface area contributed by atoms with Gasteiger partial charge >= 0.3 is 5.97 Å². The zero-order valence-electron chi connectivity index (χ0n) is 10.4. The van der Waals surface area contributed by atoms with Gasteiger partial charge in [0.1, 0.15) is 0 Å². The fourth-order valence-corrected chi connectivity index (χ4v) is 1.55. The first-order chi connectivity index (χ1) is 7.63. The SMILES string of the molecule is CCN(CC)CCN(CCO)CCC(=O)O. The highest BCUT2D eigenvalue weighted by Crippen LogP contribution is 1.94. The highest BCUT2D eigenvalue weighted by Gasteiger charge is 2.08. The van der Waals surface area contributed by atoms with Gasteiger partial charge in [0.05, 0.1) is 13.0 Å². The molecule has 0 saturated carbocycles. The molecule has 5 nitrogen and oxygen atoms in total. The van der Waals surface area contributed by atoms with E-state index in [1.807, 2.05) is 4.90 Å². The topological polar surface area (TPSA) is 64.0 Å². The maximum Gasteiger partial charge on any atom is 0.304 e. The molecule has 0 saturated heterocycles. The average Bonchev–Trinajstić information content (AvgIpc) is 2.26. The van der Waals surface area contributed by atoms with Crippen molar-refractivity contribution in [2.45, 2.75) is 20.3 Å². The van der Waals surface area contributed by atoms with Gasteiger partial charge in [-0.25, -0.2) is 0 Å². The fourth-order valence-electron chi connectivity index (χ4n) is 1.55. The highest BCUT2D eigenvalue weighted by atomic mass is 16.4. The van der Waals surface area contributed by atoms with E-state index in [1.54, 1.807) is 0 Å². The number of carboxylic acids is 1. The largest absolute Gasteiger partial charge is 0.481 e. The quantitative estimate of drug-likeness (QED) is 0.559. The van der Waals surface area contributed by atoms with Crippen LogP contribution >= 0.6 is 0 Å². The molecule has 0 aliphatic rings. The van der Waals surface area contributed by atoms with Crippen LogP contribution in [0.2, 0.25) is 0 Å². The number of aliphatic carboxylic acids is 1. The van der Waals surface area contributed by atoms with Crippen LogP contribution in [-0.4, -0.2) is 71.9 Å². The third-order valence-corrected chi connectivity index (χ3v) is 2.69. The Hall–Kier alpha value is -0.650. The monoisotopic (exact) mass is 232 g/mol. The van der Waals surface area contributed by atoms with E-state index in [9.17, 15) is 4.79 Å². The van der Waals surface area contributed by atoms with Crippen LogP contribution in [0.3, 0.4) is 0 Å². The second kappa shape index (κ2) is 9.57. The summed E-state index contributed by atoms with van der Waals surface area (Å²) in [6.07, 6.45) is 0.137. The second-order valence-electron chi connectivity index (χ2n) is 3.74. The lowest BCUT2D eigenvalue weighted by atomic mass is 10.3. The summed E-state index contributed by atoms with van der Waals surface area (Å²) in [7, 11) is 0. The third kappa shape index (κ3) is 7.62. The molecule has 0 aromatic heterocycles. The van der Waals surface area contributed by atoms with Crippen LogP contribution in [0.15, 0.2) is 0 Å². The van der Waals surface area contributed by atoms with Crippen LogP contribution in [0.5, 0.6) is 0 Å². The summed E-state index contributed by atoms with van der Waals surface area (Å²) in [4.78, 5) is 14.7. The lowest BCUT2D eigenvalue weighted by Crippen LogP contribution is -2.37. The minimum Gasteiger partial charge on any atom is -0.481 e. The Morgan fingerprint density at radius 1 is 1.00 bits per heavy atom. The number of likely N-dealkylation sites (N-methyl/N-ethyl adjacent to an activating group) is 1. The number of hydrogen-bond acceptors (Lipinski definition) is 4. The molecule has 16 heavy (non-hydrogen) atoms. The van der Waals surface area contributed by atoms with E-state index in [2.05, 4.69) is 18.7 Å². The van der Waals surface area contributed by atoms with Crippen molar-refractivity contribution in [1.29, 1.82) is 0 Å². The number of nitrogens with zero attached hydrogens (tertiary/aromatic N) is 2. The van der Waals surface area contributed by atoms with E-state index in [4.69, 9.17) is 10.2 Å². The summed E-state index contributed by atoms with van der Waals surface area (Å²) in [5.41, 5.74) is 0. The molecule has 0 rings (SSSR count). The first kappa shape index (κ1) is 15.3. The normalized spacial score (nSPS) is 11.3.